The van der Waals surface area contributed by atoms with Crippen molar-refractivity contribution in [2.45, 2.75) is 18.4 Å². The first-order chi connectivity index (χ1) is 13.6. The molecule has 2 aliphatic rings. The molecule has 4 rings (SSSR count). The first-order valence-electron chi connectivity index (χ1n) is 9.42. The Hall–Kier alpha value is -2.31. The number of para-hydroxylation sites is 1. The molecule has 3 atom stereocenters. The minimum absolute atomic E-state index is 0.0853. The van der Waals surface area contributed by atoms with Crippen LogP contribution < -0.4 is 10.6 Å². The molecular weight excluding hydrogens is 420 g/mol. The van der Waals surface area contributed by atoms with Gasteiger partial charge in [0.1, 0.15) is 5.75 Å². The molecule has 3 N–H and O–H groups in total. The summed E-state index contributed by atoms with van der Waals surface area (Å²) in [5.74, 6) is 0.640. The number of hydrogen-bond donors (Lipinski definition) is 3. The summed E-state index contributed by atoms with van der Waals surface area (Å²) in [7, 11) is 1.61. The van der Waals surface area contributed by atoms with Crippen molar-refractivity contribution >= 4 is 27.5 Å². The maximum Gasteiger partial charge on any atom is 0.253 e. The van der Waals surface area contributed by atoms with E-state index < -0.39 is 0 Å². The van der Waals surface area contributed by atoms with E-state index in [-0.39, 0.29) is 23.6 Å². The van der Waals surface area contributed by atoms with E-state index in [1.165, 1.54) is 0 Å². The molecule has 3 unspecified atom stereocenters. The number of nitrogens with one attached hydrogen (secondary N) is 2. The molecule has 28 heavy (non-hydrogen) atoms. The lowest BCUT2D eigenvalue weighted by Gasteiger charge is -2.38. The Morgan fingerprint density at radius 2 is 2.18 bits per heavy atom. The van der Waals surface area contributed by atoms with E-state index in [9.17, 15) is 9.90 Å². The van der Waals surface area contributed by atoms with E-state index in [2.05, 4.69) is 44.8 Å². The number of allylic oxidation sites excluding steroid dienone is 2. The minimum atomic E-state index is -0.126. The predicted octanol–water partition coefficient (Wildman–Crippen LogP) is 4.36. The molecule has 2 aromatic carbocycles. The van der Waals surface area contributed by atoms with Crippen molar-refractivity contribution in [1.29, 1.82) is 0 Å². The average Bonchev–Trinajstić information content (AvgIpc) is 3.19. The Morgan fingerprint density at radius 1 is 1.32 bits per heavy atom. The van der Waals surface area contributed by atoms with Crippen LogP contribution in [0.1, 0.15) is 39.9 Å². The van der Waals surface area contributed by atoms with Gasteiger partial charge in [-0.1, -0.05) is 40.2 Å². The summed E-state index contributed by atoms with van der Waals surface area (Å²) >= 11 is 3.51. The molecule has 0 radical (unpaired) electrons. The van der Waals surface area contributed by atoms with Gasteiger partial charge in [0.2, 0.25) is 0 Å². The fraction of sp³-hybridized carbons (Fsp3) is 0.318. The van der Waals surface area contributed by atoms with Gasteiger partial charge in [0, 0.05) is 29.6 Å². The lowest BCUT2D eigenvalue weighted by Crippen LogP contribution is -2.33. The first kappa shape index (κ1) is 19.0. The van der Waals surface area contributed by atoms with Crippen molar-refractivity contribution in [3.8, 4) is 5.75 Å². The molecule has 1 aliphatic carbocycles. The molecule has 0 spiro atoms. The zero-order chi connectivity index (χ0) is 19.7. The molecule has 1 heterocycles. The van der Waals surface area contributed by atoms with Crippen LogP contribution in [0.3, 0.4) is 0 Å². The number of phenols is 1. The van der Waals surface area contributed by atoms with Crippen LogP contribution in [0.25, 0.3) is 0 Å². The summed E-state index contributed by atoms with van der Waals surface area (Å²) in [6, 6.07) is 11.3. The van der Waals surface area contributed by atoms with E-state index in [1.807, 2.05) is 24.3 Å². The van der Waals surface area contributed by atoms with Gasteiger partial charge in [-0.15, -0.1) is 0 Å². The number of fused-ring (bicyclic) bond motifs is 3. The van der Waals surface area contributed by atoms with Crippen molar-refractivity contribution in [1.82, 2.24) is 5.32 Å². The fourth-order valence-electron chi connectivity index (χ4n) is 4.25. The molecule has 0 saturated carbocycles. The zero-order valence-electron chi connectivity index (χ0n) is 15.6. The highest BCUT2D eigenvalue weighted by atomic mass is 79.9. The SMILES string of the molecule is COCCNC(=O)c1cccc2c1NC(c1cc(Br)ccc1O)C1CC=CC21. The van der Waals surface area contributed by atoms with Gasteiger partial charge in [-0.2, -0.15) is 0 Å². The Balaban J connectivity index is 1.74. The number of aromatic hydroxyl groups is 1. The van der Waals surface area contributed by atoms with Crippen molar-refractivity contribution in [3.05, 3.63) is 69.7 Å². The van der Waals surface area contributed by atoms with E-state index in [0.717, 1.165) is 27.7 Å². The highest BCUT2D eigenvalue weighted by Gasteiger charge is 2.40. The number of amides is 1. The third-order valence-corrected chi connectivity index (χ3v) is 6.05. The second-order valence-corrected chi connectivity index (χ2v) is 8.11. The van der Waals surface area contributed by atoms with Gasteiger partial charge in [-0.25, -0.2) is 0 Å². The summed E-state index contributed by atoms with van der Waals surface area (Å²) in [4.78, 5) is 12.8. The second-order valence-electron chi connectivity index (χ2n) is 7.20. The molecule has 146 valence electrons. The summed E-state index contributed by atoms with van der Waals surface area (Å²) in [6.07, 6.45) is 5.34. The van der Waals surface area contributed by atoms with E-state index in [0.29, 0.717) is 24.6 Å². The van der Waals surface area contributed by atoms with E-state index >= 15 is 0 Å². The maximum absolute atomic E-state index is 12.8. The quantitative estimate of drug-likeness (QED) is 0.475. The number of carbonyl (C=O) groups excluding carboxylic acids is 1. The number of methoxy groups -OCH3 is 1. The molecule has 1 amide bonds. The topological polar surface area (TPSA) is 70.6 Å². The average molecular weight is 443 g/mol. The Morgan fingerprint density at radius 3 is 3.00 bits per heavy atom. The number of carbonyl (C=O) groups is 1. The van der Waals surface area contributed by atoms with Crippen LogP contribution in [-0.2, 0) is 4.74 Å². The standard InChI is InChI=1S/C22H23BrN2O3/c1-28-11-10-24-22(27)17-7-3-6-15-14-4-2-5-16(14)21(25-20(15)17)18-12-13(23)8-9-19(18)26/h2-4,6-9,12,14,16,21,25-26H,5,10-11H2,1H3,(H,24,27). The third kappa shape index (κ3) is 3.42. The number of ether oxygens (including phenoxy) is 1. The van der Waals surface area contributed by atoms with Crippen molar-refractivity contribution in [2.75, 3.05) is 25.6 Å². The summed E-state index contributed by atoms with van der Waals surface area (Å²) in [6.45, 7) is 0.928. The Kier molecular flexibility index (Phi) is 5.42. The van der Waals surface area contributed by atoms with Gasteiger partial charge in [0.15, 0.2) is 0 Å². The zero-order valence-corrected chi connectivity index (χ0v) is 17.2. The molecule has 2 aromatic rings. The van der Waals surface area contributed by atoms with Crippen molar-refractivity contribution in [2.24, 2.45) is 5.92 Å². The van der Waals surface area contributed by atoms with E-state index in [4.69, 9.17) is 4.74 Å². The van der Waals surface area contributed by atoms with Gasteiger partial charge >= 0.3 is 0 Å². The molecule has 0 bridgehead atoms. The number of phenolic OH excluding ortho intramolecular Hbond substituents is 1. The number of hydrogen-bond acceptors (Lipinski definition) is 4. The molecule has 5 nitrogen and oxygen atoms in total. The largest absolute Gasteiger partial charge is 0.508 e. The smallest absolute Gasteiger partial charge is 0.253 e. The van der Waals surface area contributed by atoms with Crippen molar-refractivity contribution in [3.63, 3.8) is 0 Å². The van der Waals surface area contributed by atoms with Crippen LogP contribution in [0.15, 0.2) is 53.0 Å². The number of benzene rings is 2. The van der Waals surface area contributed by atoms with Crippen LogP contribution in [0.4, 0.5) is 5.69 Å². The summed E-state index contributed by atoms with van der Waals surface area (Å²) in [5.41, 5.74) is 3.43. The lowest BCUT2D eigenvalue weighted by atomic mass is 9.76. The van der Waals surface area contributed by atoms with Crippen LogP contribution in [-0.4, -0.2) is 31.3 Å². The van der Waals surface area contributed by atoms with Crippen LogP contribution in [0, 0.1) is 5.92 Å². The van der Waals surface area contributed by atoms with Crippen LogP contribution >= 0.6 is 15.9 Å². The molecule has 6 heteroatoms. The van der Waals surface area contributed by atoms with Crippen LogP contribution in [0.2, 0.25) is 0 Å². The Bertz CT molecular complexity index is 928. The van der Waals surface area contributed by atoms with Crippen LogP contribution in [0.5, 0.6) is 5.75 Å². The number of anilines is 1. The van der Waals surface area contributed by atoms with Gasteiger partial charge < -0.3 is 20.5 Å². The maximum atomic E-state index is 12.8. The van der Waals surface area contributed by atoms with Crippen molar-refractivity contribution < 1.29 is 14.6 Å². The van der Waals surface area contributed by atoms with Gasteiger partial charge in [-0.05, 0) is 42.2 Å². The molecule has 0 saturated heterocycles. The lowest BCUT2D eigenvalue weighted by molar-refractivity contribution is 0.0937. The normalized spacial score (nSPS) is 22.3. The predicted molar refractivity (Wildman–Crippen MR) is 113 cm³/mol. The highest BCUT2D eigenvalue weighted by Crippen LogP contribution is 2.52. The molecule has 1 aliphatic heterocycles. The van der Waals surface area contributed by atoms with Gasteiger partial charge in [0.25, 0.3) is 5.91 Å². The minimum Gasteiger partial charge on any atom is -0.508 e. The number of halogens is 1. The molecule has 0 aromatic heterocycles. The van der Waals surface area contributed by atoms with Gasteiger partial charge in [-0.3, -0.25) is 4.79 Å². The van der Waals surface area contributed by atoms with Gasteiger partial charge in [0.05, 0.1) is 23.9 Å². The first-order valence-corrected chi connectivity index (χ1v) is 10.2. The number of rotatable bonds is 5. The highest BCUT2D eigenvalue weighted by molar-refractivity contribution is 9.10. The summed E-state index contributed by atoms with van der Waals surface area (Å²) in [5, 5.41) is 17.0. The monoisotopic (exact) mass is 442 g/mol. The third-order valence-electron chi connectivity index (χ3n) is 5.56. The Labute approximate surface area is 172 Å². The summed E-state index contributed by atoms with van der Waals surface area (Å²) < 4.78 is 5.94. The fourth-order valence-corrected chi connectivity index (χ4v) is 4.63. The molecule has 0 fully saturated rings. The molecular formula is C22H23BrN2O3. The second kappa shape index (κ2) is 7.97. The van der Waals surface area contributed by atoms with E-state index in [1.54, 1.807) is 13.2 Å².